The summed E-state index contributed by atoms with van der Waals surface area (Å²) in [5.74, 6) is 0.845. The lowest BCUT2D eigenvalue weighted by Crippen LogP contribution is -2.31. The molecule has 17 heavy (non-hydrogen) atoms. The maximum atomic E-state index is 5.61. The van der Waals surface area contributed by atoms with E-state index in [0.717, 1.165) is 12.5 Å². The predicted octanol–water partition coefficient (Wildman–Crippen LogP) is 5.01. The summed E-state index contributed by atoms with van der Waals surface area (Å²) in [6.45, 7) is 7.35. The van der Waals surface area contributed by atoms with Gasteiger partial charge in [-0.3, -0.25) is 0 Å². The van der Waals surface area contributed by atoms with E-state index in [1.165, 1.54) is 34.6 Å². The lowest BCUT2D eigenvalue weighted by atomic mass is 9.79. The molecule has 1 heterocycles. The Morgan fingerprint density at radius 1 is 1.47 bits per heavy atom. The zero-order valence-corrected chi connectivity index (χ0v) is 13.2. The number of rotatable bonds is 5. The number of alkyl halides is 1. The molecule has 1 atom stereocenters. The fourth-order valence-corrected chi connectivity index (χ4v) is 4.81. The first-order valence-corrected chi connectivity index (χ1v) is 8.16. The van der Waals surface area contributed by atoms with Gasteiger partial charge in [-0.2, -0.15) is 0 Å². The Bertz CT molecular complexity index is 368. The van der Waals surface area contributed by atoms with Crippen LogP contribution >= 0.6 is 27.3 Å². The highest BCUT2D eigenvalue weighted by Gasteiger charge is 2.31. The van der Waals surface area contributed by atoms with E-state index in [0.29, 0.717) is 10.9 Å². The minimum atomic E-state index is 0.536. The Morgan fingerprint density at radius 3 is 2.71 bits per heavy atom. The van der Waals surface area contributed by atoms with Gasteiger partial charge in [0.1, 0.15) is 0 Å². The van der Waals surface area contributed by atoms with Crippen LogP contribution in [0.1, 0.15) is 46.3 Å². The molecule has 1 aromatic rings. The fourth-order valence-electron chi connectivity index (χ4n) is 2.61. The third-order valence-electron chi connectivity index (χ3n) is 3.50. The number of hydrogen-bond acceptors (Lipinski definition) is 2. The largest absolute Gasteiger partial charge is 0.378 e. The number of hydrogen-bond donors (Lipinski definition) is 0. The minimum Gasteiger partial charge on any atom is -0.378 e. The highest BCUT2D eigenvalue weighted by Crippen LogP contribution is 2.43. The number of thiophene rings is 1. The Morgan fingerprint density at radius 2 is 2.18 bits per heavy atom. The maximum absolute atomic E-state index is 5.61. The summed E-state index contributed by atoms with van der Waals surface area (Å²) in [5, 5.41) is 0. The summed E-state index contributed by atoms with van der Waals surface area (Å²) in [6, 6.07) is 2.29. The summed E-state index contributed by atoms with van der Waals surface area (Å²) < 4.78 is 5.61. The van der Waals surface area contributed by atoms with Gasteiger partial charge in [0.15, 0.2) is 0 Å². The van der Waals surface area contributed by atoms with Crippen molar-refractivity contribution in [3.63, 3.8) is 0 Å². The summed E-state index contributed by atoms with van der Waals surface area (Å²) in [5.41, 5.74) is 1.44. The summed E-state index contributed by atoms with van der Waals surface area (Å²) in [6.07, 6.45) is 4.29. The van der Waals surface area contributed by atoms with Crippen LogP contribution in [-0.2, 0) is 4.74 Å². The van der Waals surface area contributed by atoms with E-state index in [1.54, 1.807) is 0 Å². The lowest BCUT2D eigenvalue weighted by Gasteiger charge is -2.36. The average molecular weight is 317 g/mol. The van der Waals surface area contributed by atoms with Gasteiger partial charge < -0.3 is 4.74 Å². The van der Waals surface area contributed by atoms with Gasteiger partial charge >= 0.3 is 0 Å². The summed E-state index contributed by atoms with van der Waals surface area (Å²) >= 11 is 5.79. The van der Waals surface area contributed by atoms with Crippen molar-refractivity contribution in [3.8, 4) is 0 Å². The molecule has 1 aromatic heterocycles. The van der Waals surface area contributed by atoms with Gasteiger partial charge in [-0.25, -0.2) is 0 Å². The Kier molecular flexibility index (Phi) is 4.67. The van der Waals surface area contributed by atoms with Crippen LogP contribution in [-0.4, -0.2) is 12.7 Å². The Hall–Kier alpha value is 0.140. The van der Waals surface area contributed by atoms with Crippen molar-refractivity contribution in [2.45, 2.75) is 51.0 Å². The van der Waals surface area contributed by atoms with Gasteiger partial charge in [0.2, 0.25) is 0 Å². The van der Waals surface area contributed by atoms with Crippen LogP contribution < -0.4 is 0 Å². The van der Waals surface area contributed by atoms with Gasteiger partial charge in [-0.1, -0.05) is 15.9 Å². The Labute approximate surface area is 117 Å². The molecule has 0 saturated heterocycles. The van der Waals surface area contributed by atoms with Gasteiger partial charge in [0.25, 0.3) is 0 Å². The lowest BCUT2D eigenvalue weighted by molar-refractivity contribution is -0.0264. The Balaban J connectivity index is 1.82. The van der Waals surface area contributed by atoms with Crippen LogP contribution in [0.4, 0.5) is 0 Å². The van der Waals surface area contributed by atoms with Crippen LogP contribution in [0.15, 0.2) is 6.07 Å². The second kappa shape index (κ2) is 5.85. The molecule has 1 fully saturated rings. The summed E-state index contributed by atoms with van der Waals surface area (Å²) in [4.78, 5) is 3.47. The SMILES string of the molecule is CCOC1CC(CC(Br)c2sc(C)cc2C)C1. The molecule has 1 nitrogen and oxygen atoms in total. The van der Waals surface area contributed by atoms with Crippen molar-refractivity contribution < 1.29 is 4.74 Å². The van der Waals surface area contributed by atoms with Gasteiger partial charge in [-0.15, -0.1) is 11.3 Å². The van der Waals surface area contributed by atoms with E-state index in [1.807, 2.05) is 11.3 Å². The molecule has 0 N–H and O–H groups in total. The number of halogens is 1. The molecule has 0 spiro atoms. The molecule has 3 heteroatoms. The van der Waals surface area contributed by atoms with Crippen molar-refractivity contribution in [1.29, 1.82) is 0 Å². The zero-order valence-electron chi connectivity index (χ0n) is 10.8. The predicted molar refractivity (Wildman–Crippen MR) is 78.2 cm³/mol. The van der Waals surface area contributed by atoms with Crippen molar-refractivity contribution in [2.24, 2.45) is 5.92 Å². The molecule has 1 aliphatic rings. The number of aryl methyl sites for hydroxylation is 2. The standard InChI is InChI=1S/C14H21BrOS/c1-4-16-12-6-11(7-12)8-13(15)14-9(2)5-10(3)17-14/h5,11-13H,4,6-8H2,1-3H3. The molecular formula is C14H21BrOS. The minimum absolute atomic E-state index is 0.536. The third-order valence-corrected chi connectivity index (χ3v) is 5.90. The fraction of sp³-hybridized carbons (Fsp3) is 0.714. The van der Waals surface area contributed by atoms with Crippen LogP contribution in [0.3, 0.4) is 0 Å². The van der Waals surface area contributed by atoms with Gasteiger partial charge in [-0.05, 0) is 57.6 Å². The molecule has 1 aliphatic carbocycles. The first-order chi connectivity index (χ1) is 8.10. The first-order valence-electron chi connectivity index (χ1n) is 6.42. The quantitative estimate of drug-likeness (QED) is 0.694. The van der Waals surface area contributed by atoms with E-state index >= 15 is 0 Å². The maximum Gasteiger partial charge on any atom is 0.0580 e. The normalized spacial score (nSPS) is 25.6. The second-order valence-electron chi connectivity index (χ2n) is 5.02. The van der Waals surface area contributed by atoms with Gasteiger partial charge in [0.05, 0.1) is 6.10 Å². The van der Waals surface area contributed by atoms with Crippen molar-refractivity contribution in [1.82, 2.24) is 0 Å². The number of ether oxygens (including phenoxy) is 1. The van der Waals surface area contributed by atoms with E-state index < -0.39 is 0 Å². The molecule has 0 bridgehead atoms. The van der Waals surface area contributed by atoms with Gasteiger partial charge in [0, 0.05) is 21.2 Å². The second-order valence-corrected chi connectivity index (χ2v) is 7.42. The molecule has 0 aromatic carbocycles. The highest BCUT2D eigenvalue weighted by atomic mass is 79.9. The van der Waals surface area contributed by atoms with E-state index in [9.17, 15) is 0 Å². The summed E-state index contributed by atoms with van der Waals surface area (Å²) in [7, 11) is 0. The monoisotopic (exact) mass is 316 g/mol. The van der Waals surface area contributed by atoms with Crippen LogP contribution in [0.5, 0.6) is 0 Å². The smallest absolute Gasteiger partial charge is 0.0580 e. The van der Waals surface area contributed by atoms with E-state index in [-0.39, 0.29) is 0 Å². The van der Waals surface area contributed by atoms with Crippen molar-refractivity contribution >= 4 is 27.3 Å². The molecule has 2 rings (SSSR count). The molecule has 0 radical (unpaired) electrons. The topological polar surface area (TPSA) is 9.23 Å². The molecule has 1 saturated carbocycles. The molecular weight excluding hydrogens is 296 g/mol. The zero-order chi connectivity index (χ0) is 12.4. The molecule has 96 valence electrons. The van der Waals surface area contributed by atoms with Crippen molar-refractivity contribution in [2.75, 3.05) is 6.61 Å². The molecule has 0 aliphatic heterocycles. The van der Waals surface area contributed by atoms with Crippen molar-refractivity contribution in [3.05, 3.63) is 21.4 Å². The van der Waals surface area contributed by atoms with Crippen LogP contribution in [0.2, 0.25) is 0 Å². The molecule has 0 amide bonds. The molecule has 1 unspecified atom stereocenters. The third kappa shape index (κ3) is 3.33. The average Bonchev–Trinajstić information content (AvgIpc) is 2.54. The first kappa shape index (κ1) is 13.6. The highest BCUT2D eigenvalue weighted by molar-refractivity contribution is 9.09. The van der Waals surface area contributed by atoms with Crippen LogP contribution in [0.25, 0.3) is 0 Å². The van der Waals surface area contributed by atoms with Crippen LogP contribution in [0, 0.1) is 19.8 Å². The van der Waals surface area contributed by atoms with E-state index in [2.05, 4.69) is 42.8 Å². The van der Waals surface area contributed by atoms with E-state index in [4.69, 9.17) is 4.74 Å².